The molecule has 0 aromatic carbocycles. The summed E-state index contributed by atoms with van der Waals surface area (Å²) in [4.78, 5) is 0. The lowest BCUT2D eigenvalue weighted by Gasteiger charge is -2.00. The zero-order valence-electron chi connectivity index (χ0n) is 7.46. The zero-order valence-corrected chi connectivity index (χ0v) is 7.46. The first-order valence-corrected chi connectivity index (χ1v) is 3.74. The van der Waals surface area contributed by atoms with E-state index < -0.39 is 0 Å². The highest BCUT2D eigenvalue weighted by molar-refractivity contribution is 5.70. The predicted octanol–water partition coefficient (Wildman–Crippen LogP) is 1.75. The maximum atomic E-state index is 4.24. The minimum absolute atomic E-state index is 0.858. The van der Waals surface area contributed by atoms with E-state index in [1.165, 1.54) is 0 Å². The van der Waals surface area contributed by atoms with E-state index in [-0.39, 0.29) is 0 Å². The van der Waals surface area contributed by atoms with Gasteiger partial charge < -0.3 is 5.32 Å². The summed E-state index contributed by atoms with van der Waals surface area (Å²) in [6.45, 7) is 7.40. The maximum Gasteiger partial charge on any atom is 0.131 e. The summed E-state index contributed by atoms with van der Waals surface area (Å²) in [5, 5.41) is 7.29. The second-order valence-electron chi connectivity index (χ2n) is 2.43. The second kappa shape index (κ2) is 3.26. The minimum atomic E-state index is 0.858. The van der Waals surface area contributed by atoms with E-state index in [9.17, 15) is 0 Å². The predicted molar refractivity (Wildman–Crippen MR) is 52.9 cm³/mol. The molecule has 0 saturated carbocycles. The van der Waals surface area contributed by atoms with Crippen LogP contribution in [0.5, 0.6) is 0 Å². The third kappa shape index (κ3) is 1.13. The number of rotatable bonds is 3. The molecular formula is C9H13N3. The Morgan fingerprint density at radius 2 is 2.08 bits per heavy atom. The van der Waals surface area contributed by atoms with Gasteiger partial charge in [0.25, 0.3) is 0 Å². The molecule has 0 spiro atoms. The Morgan fingerprint density at radius 1 is 1.42 bits per heavy atom. The average molecular weight is 163 g/mol. The monoisotopic (exact) mass is 163 g/mol. The second-order valence-corrected chi connectivity index (χ2v) is 2.43. The Kier molecular flexibility index (Phi) is 2.33. The summed E-state index contributed by atoms with van der Waals surface area (Å²) in [6.07, 6.45) is 3.49. The molecule has 0 fully saturated rings. The van der Waals surface area contributed by atoms with E-state index in [0.29, 0.717) is 0 Å². The number of nitrogens with one attached hydrogen (secondary N) is 1. The van der Waals surface area contributed by atoms with Gasteiger partial charge in [-0.3, -0.25) is 4.68 Å². The van der Waals surface area contributed by atoms with Gasteiger partial charge in [-0.2, -0.15) is 5.10 Å². The van der Waals surface area contributed by atoms with Crippen LogP contribution in [-0.4, -0.2) is 16.8 Å². The van der Waals surface area contributed by atoms with Crippen molar-refractivity contribution in [1.29, 1.82) is 0 Å². The van der Waals surface area contributed by atoms with Crippen LogP contribution in [0.3, 0.4) is 0 Å². The van der Waals surface area contributed by atoms with Gasteiger partial charge in [-0.25, -0.2) is 0 Å². The molecule has 1 aromatic heterocycles. The fourth-order valence-corrected chi connectivity index (χ4v) is 1.21. The Labute approximate surface area is 72.4 Å². The Balaban J connectivity index is 3.34. The number of aromatic nitrogens is 2. The quantitative estimate of drug-likeness (QED) is 0.735. The van der Waals surface area contributed by atoms with Gasteiger partial charge in [-0.1, -0.05) is 19.2 Å². The standard InChI is InChI=1S/C9H13N3/c1-5-7-8(6-2)11-12(4)9(7)10-3/h5-6,10H,1-2H2,3-4H3. The molecule has 1 aromatic rings. The molecule has 1 N–H and O–H groups in total. The normalized spacial score (nSPS) is 9.50. The molecule has 3 heteroatoms. The van der Waals surface area contributed by atoms with Crippen LogP contribution in [0.25, 0.3) is 12.2 Å². The van der Waals surface area contributed by atoms with Gasteiger partial charge in [0, 0.05) is 19.7 Å². The molecule has 1 heterocycles. The van der Waals surface area contributed by atoms with Crippen LogP contribution in [0, 0.1) is 0 Å². The van der Waals surface area contributed by atoms with Crippen LogP contribution in [0.1, 0.15) is 11.3 Å². The Bertz CT molecular complexity index is 310. The molecule has 0 bridgehead atoms. The van der Waals surface area contributed by atoms with Crippen LogP contribution in [-0.2, 0) is 7.05 Å². The van der Waals surface area contributed by atoms with Gasteiger partial charge in [0.1, 0.15) is 5.82 Å². The van der Waals surface area contributed by atoms with Crippen LogP contribution in [0.15, 0.2) is 13.2 Å². The first kappa shape index (κ1) is 8.59. The highest BCUT2D eigenvalue weighted by atomic mass is 15.3. The SMILES string of the molecule is C=Cc1nn(C)c(NC)c1C=C. The van der Waals surface area contributed by atoms with Crippen molar-refractivity contribution in [3.8, 4) is 0 Å². The van der Waals surface area contributed by atoms with Gasteiger partial charge in [-0.15, -0.1) is 0 Å². The number of aryl methyl sites for hydroxylation is 1. The van der Waals surface area contributed by atoms with Gasteiger partial charge in [-0.05, 0) is 6.08 Å². The van der Waals surface area contributed by atoms with Crippen LogP contribution >= 0.6 is 0 Å². The molecule has 0 radical (unpaired) electrons. The van der Waals surface area contributed by atoms with Crippen molar-refractivity contribution in [1.82, 2.24) is 9.78 Å². The summed E-state index contributed by atoms with van der Waals surface area (Å²) in [5.74, 6) is 0.958. The lowest BCUT2D eigenvalue weighted by atomic mass is 10.2. The third-order valence-corrected chi connectivity index (χ3v) is 1.75. The first-order chi connectivity index (χ1) is 5.74. The van der Waals surface area contributed by atoms with E-state index in [1.54, 1.807) is 16.8 Å². The van der Waals surface area contributed by atoms with E-state index in [0.717, 1.165) is 17.1 Å². The fourth-order valence-electron chi connectivity index (χ4n) is 1.21. The molecular weight excluding hydrogens is 150 g/mol. The topological polar surface area (TPSA) is 29.9 Å². The van der Waals surface area contributed by atoms with Gasteiger partial charge in [0.05, 0.1) is 5.69 Å². The van der Waals surface area contributed by atoms with E-state index in [1.807, 2.05) is 14.1 Å². The van der Waals surface area contributed by atoms with Crippen molar-refractivity contribution in [2.45, 2.75) is 0 Å². The summed E-state index contributed by atoms with van der Waals surface area (Å²) in [6, 6.07) is 0. The van der Waals surface area contributed by atoms with Crippen molar-refractivity contribution < 1.29 is 0 Å². The highest BCUT2D eigenvalue weighted by Gasteiger charge is 2.08. The van der Waals surface area contributed by atoms with Crippen LogP contribution in [0.4, 0.5) is 5.82 Å². The number of anilines is 1. The number of hydrogen-bond acceptors (Lipinski definition) is 2. The van der Waals surface area contributed by atoms with Crippen molar-refractivity contribution in [3.05, 3.63) is 24.4 Å². The van der Waals surface area contributed by atoms with Crippen LogP contribution < -0.4 is 5.32 Å². The van der Waals surface area contributed by atoms with Gasteiger partial charge >= 0.3 is 0 Å². The number of nitrogens with zero attached hydrogens (tertiary/aromatic N) is 2. The zero-order chi connectivity index (χ0) is 9.14. The van der Waals surface area contributed by atoms with Gasteiger partial charge in [0.15, 0.2) is 0 Å². The maximum absolute atomic E-state index is 4.24. The third-order valence-electron chi connectivity index (χ3n) is 1.75. The largest absolute Gasteiger partial charge is 0.373 e. The summed E-state index contributed by atoms with van der Waals surface area (Å²) in [7, 11) is 3.74. The van der Waals surface area contributed by atoms with Crippen molar-refractivity contribution in [3.63, 3.8) is 0 Å². The molecule has 0 atom stereocenters. The molecule has 0 saturated heterocycles. The molecule has 1 rings (SSSR count). The highest BCUT2D eigenvalue weighted by Crippen LogP contribution is 2.20. The molecule has 3 nitrogen and oxygen atoms in total. The molecule has 12 heavy (non-hydrogen) atoms. The van der Waals surface area contributed by atoms with Crippen molar-refractivity contribution >= 4 is 18.0 Å². The van der Waals surface area contributed by atoms with E-state index in [2.05, 4.69) is 23.6 Å². The smallest absolute Gasteiger partial charge is 0.131 e. The lowest BCUT2D eigenvalue weighted by molar-refractivity contribution is 0.771. The Morgan fingerprint density at radius 3 is 2.50 bits per heavy atom. The van der Waals surface area contributed by atoms with E-state index >= 15 is 0 Å². The molecule has 0 aliphatic rings. The van der Waals surface area contributed by atoms with Crippen LogP contribution in [0.2, 0.25) is 0 Å². The van der Waals surface area contributed by atoms with Crippen molar-refractivity contribution in [2.24, 2.45) is 7.05 Å². The lowest BCUT2D eigenvalue weighted by Crippen LogP contribution is -1.98. The molecule has 0 unspecified atom stereocenters. The average Bonchev–Trinajstić information content (AvgIpc) is 2.40. The summed E-state index contributed by atoms with van der Waals surface area (Å²) in [5.41, 5.74) is 1.85. The first-order valence-electron chi connectivity index (χ1n) is 3.74. The molecule has 0 aliphatic carbocycles. The minimum Gasteiger partial charge on any atom is -0.373 e. The number of hydrogen-bond donors (Lipinski definition) is 1. The van der Waals surface area contributed by atoms with Gasteiger partial charge in [0.2, 0.25) is 0 Å². The summed E-state index contributed by atoms with van der Waals surface area (Å²) < 4.78 is 1.77. The molecule has 0 amide bonds. The molecule has 64 valence electrons. The summed E-state index contributed by atoms with van der Waals surface area (Å²) >= 11 is 0. The molecule has 0 aliphatic heterocycles. The Hall–Kier alpha value is -1.51. The fraction of sp³-hybridized carbons (Fsp3) is 0.222. The van der Waals surface area contributed by atoms with E-state index in [4.69, 9.17) is 0 Å². The van der Waals surface area contributed by atoms with Crippen molar-refractivity contribution in [2.75, 3.05) is 12.4 Å².